The van der Waals surface area contributed by atoms with Crippen LogP contribution in [0.25, 0.3) is 0 Å². The molecule has 3 rings (SSSR count). The van der Waals surface area contributed by atoms with Gasteiger partial charge in [-0.1, -0.05) is 19.1 Å². The Bertz CT molecular complexity index is 1240. The number of carbonyl (C=O) groups is 6. The number of nitrogens with one attached hydrogen (secondary N) is 2. The molecule has 0 radical (unpaired) electrons. The molecule has 1 aromatic carbocycles. The van der Waals surface area contributed by atoms with E-state index in [1.807, 2.05) is 11.8 Å². The van der Waals surface area contributed by atoms with Gasteiger partial charge in [-0.3, -0.25) is 48.4 Å². The maximum absolute atomic E-state index is 13.0. The first kappa shape index (κ1) is 39.5. The molecule has 2 amide bonds. The Labute approximate surface area is 287 Å². The maximum Gasteiger partial charge on any atom is 0.317 e. The number of carbonyl (C=O) groups excluding carboxylic acids is 3. The summed E-state index contributed by atoms with van der Waals surface area (Å²) < 4.78 is 0. The zero-order chi connectivity index (χ0) is 35.8. The van der Waals surface area contributed by atoms with Crippen molar-refractivity contribution in [2.45, 2.75) is 45.6 Å². The van der Waals surface area contributed by atoms with Gasteiger partial charge in [0.05, 0.1) is 26.2 Å². The summed E-state index contributed by atoms with van der Waals surface area (Å²) in [6.45, 7) is 4.56. The van der Waals surface area contributed by atoms with Crippen LogP contribution in [0.2, 0.25) is 0 Å². The van der Waals surface area contributed by atoms with Gasteiger partial charge < -0.3 is 26.0 Å². The van der Waals surface area contributed by atoms with Gasteiger partial charge in [-0.05, 0) is 49.3 Å². The second-order valence-electron chi connectivity index (χ2n) is 13.0. The Morgan fingerprint density at radius 1 is 0.633 bits per heavy atom. The summed E-state index contributed by atoms with van der Waals surface area (Å²) in [5.74, 6) is -2.62. The van der Waals surface area contributed by atoms with Crippen molar-refractivity contribution < 1.29 is 44.1 Å². The van der Waals surface area contributed by atoms with Gasteiger partial charge >= 0.3 is 17.9 Å². The van der Waals surface area contributed by atoms with Crippen LogP contribution in [0.15, 0.2) is 24.3 Å². The molecule has 1 heterocycles. The van der Waals surface area contributed by atoms with Crippen LogP contribution in [0.4, 0.5) is 0 Å². The van der Waals surface area contributed by atoms with Crippen molar-refractivity contribution in [1.29, 1.82) is 0 Å². The Kier molecular flexibility index (Phi) is 16.6. The van der Waals surface area contributed by atoms with E-state index >= 15 is 0 Å². The van der Waals surface area contributed by atoms with Crippen LogP contribution in [-0.2, 0) is 30.5 Å². The summed E-state index contributed by atoms with van der Waals surface area (Å²) >= 11 is 0. The molecule has 15 heteroatoms. The number of ketones is 1. The number of hydrogen-bond donors (Lipinski definition) is 5. The van der Waals surface area contributed by atoms with E-state index in [0.717, 1.165) is 31.2 Å². The lowest BCUT2D eigenvalue weighted by Crippen LogP contribution is -2.49. The van der Waals surface area contributed by atoms with Gasteiger partial charge in [0.25, 0.3) is 5.91 Å². The van der Waals surface area contributed by atoms with E-state index in [9.17, 15) is 44.1 Å². The minimum absolute atomic E-state index is 0.0158. The zero-order valence-corrected chi connectivity index (χ0v) is 28.5. The van der Waals surface area contributed by atoms with Crippen molar-refractivity contribution in [1.82, 2.24) is 30.2 Å². The number of rotatable bonds is 15. The zero-order valence-electron chi connectivity index (χ0n) is 28.5. The van der Waals surface area contributed by atoms with Crippen molar-refractivity contribution >= 4 is 35.5 Å². The number of carboxylic acids is 3. The van der Waals surface area contributed by atoms with Gasteiger partial charge in [0, 0.05) is 83.3 Å². The molecule has 1 aromatic rings. The average Bonchev–Trinajstić information content (AvgIpc) is 3.06. The molecule has 15 nitrogen and oxygen atoms in total. The molecule has 0 atom stereocenters. The first-order chi connectivity index (χ1) is 23.4. The molecule has 5 N–H and O–H groups in total. The molecule has 49 heavy (non-hydrogen) atoms. The second kappa shape index (κ2) is 20.6. The maximum atomic E-state index is 13.0. The Morgan fingerprint density at radius 2 is 1.06 bits per heavy atom. The predicted molar refractivity (Wildman–Crippen MR) is 180 cm³/mol. The van der Waals surface area contributed by atoms with Crippen LogP contribution in [0.3, 0.4) is 0 Å². The standard InChI is InChI=1S/C34H52N6O9/c1-2-29(41)27-7-3-26(4-8-27)20-36-34(49)28-9-5-25(6-10-28)19-35-30(42)21-37-11-13-38(22-31(43)44)15-17-40(24-33(47)48)18-16-39(14-12-37)23-32(45)46/h5-6,9-10,26-27H,2-4,7-8,11-24H2,1H3,(H,35,42)(H,36,49)(H,43,44)(H,45,46)(H,47,48). The van der Waals surface area contributed by atoms with Crippen molar-refractivity contribution in [2.24, 2.45) is 11.8 Å². The Hall–Kier alpha value is -3.92. The molecule has 1 aliphatic heterocycles. The molecule has 272 valence electrons. The van der Waals surface area contributed by atoms with Crippen LogP contribution < -0.4 is 10.6 Å². The molecule has 1 saturated heterocycles. The summed E-state index contributed by atoms with van der Waals surface area (Å²) in [5, 5.41) is 34.0. The van der Waals surface area contributed by atoms with E-state index in [1.54, 1.807) is 39.0 Å². The normalized spacial score (nSPS) is 20.8. The number of hydrogen-bond acceptors (Lipinski definition) is 10. The third kappa shape index (κ3) is 15.0. The van der Waals surface area contributed by atoms with Crippen LogP contribution in [0.1, 0.15) is 54.9 Å². The molecule has 1 saturated carbocycles. The molecular formula is C34H52N6O9. The lowest BCUT2D eigenvalue weighted by molar-refractivity contribution is -0.140. The summed E-state index contributed by atoms with van der Waals surface area (Å²) in [6.07, 6.45) is 4.20. The number of aliphatic carboxylic acids is 3. The predicted octanol–water partition coefficient (Wildman–Crippen LogP) is 0.294. The Balaban J connectivity index is 1.51. The largest absolute Gasteiger partial charge is 0.480 e. The lowest BCUT2D eigenvalue weighted by atomic mass is 9.79. The topological polar surface area (TPSA) is 200 Å². The minimum atomic E-state index is -1.02. The number of nitrogens with zero attached hydrogens (tertiary/aromatic N) is 4. The molecular weight excluding hydrogens is 636 g/mol. The van der Waals surface area contributed by atoms with E-state index in [0.29, 0.717) is 82.6 Å². The van der Waals surface area contributed by atoms with Crippen LogP contribution in [0.5, 0.6) is 0 Å². The fourth-order valence-corrected chi connectivity index (χ4v) is 6.33. The van der Waals surface area contributed by atoms with Crippen molar-refractivity contribution in [2.75, 3.05) is 85.1 Å². The van der Waals surface area contributed by atoms with Crippen molar-refractivity contribution in [3.63, 3.8) is 0 Å². The summed E-state index contributed by atoms with van der Waals surface area (Å²) in [7, 11) is 0. The average molecular weight is 689 g/mol. The van der Waals surface area contributed by atoms with Gasteiger partial charge in [0.1, 0.15) is 5.78 Å². The molecule has 0 aromatic heterocycles. The van der Waals surface area contributed by atoms with Crippen LogP contribution in [0, 0.1) is 11.8 Å². The molecule has 0 spiro atoms. The van der Waals surface area contributed by atoms with Gasteiger partial charge in [0.2, 0.25) is 5.91 Å². The quantitative estimate of drug-likeness (QED) is 0.169. The van der Waals surface area contributed by atoms with E-state index in [2.05, 4.69) is 10.6 Å². The highest BCUT2D eigenvalue weighted by molar-refractivity contribution is 5.94. The monoisotopic (exact) mass is 688 g/mol. The highest BCUT2D eigenvalue weighted by Gasteiger charge is 2.26. The molecule has 2 fully saturated rings. The van der Waals surface area contributed by atoms with Gasteiger partial charge in [0.15, 0.2) is 0 Å². The third-order valence-electron chi connectivity index (χ3n) is 9.28. The highest BCUT2D eigenvalue weighted by Crippen LogP contribution is 2.29. The van der Waals surface area contributed by atoms with E-state index < -0.39 is 17.9 Å². The second-order valence-corrected chi connectivity index (χ2v) is 13.0. The number of Topliss-reactive ketones (excluding diaryl/α,β-unsaturated/α-hetero) is 1. The minimum Gasteiger partial charge on any atom is -0.480 e. The van der Waals surface area contributed by atoms with Gasteiger partial charge in [-0.15, -0.1) is 0 Å². The summed E-state index contributed by atoms with van der Waals surface area (Å²) in [4.78, 5) is 79.0. The van der Waals surface area contributed by atoms with Gasteiger partial charge in [-0.2, -0.15) is 0 Å². The SMILES string of the molecule is CCC(=O)C1CCC(CNC(=O)c2ccc(CNC(=O)CN3CCN(CC(=O)O)CCN(CC(=O)O)CCN(CC(=O)O)CC3)cc2)CC1. The van der Waals surface area contributed by atoms with E-state index in [-0.39, 0.29) is 50.5 Å². The van der Waals surface area contributed by atoms with E-state index in [4.69, 9.17) is 0 Å². The fourth-order valence-electron chi connectivity index (χ4n) is 6.33. The van der Waals surface area contributed by atoms with Gasteiger partial charge in [-0.25, -0.2) is 0 Å². The molecule has 2 aliphatic rings. The smallest absolute Gasteiger partial charge is 0.317 e. The van der Waals surface area contributed by atoms with E-state index in [1.165, 1.54) is 0 Å². The molecule has 0 bridgehead atoms. The Morgan fingerprint density at radius 3 is 1.47 bits per heavy atom. The number of amides is 2. The first-order valence-electron chi connectivity index (χ1n) is 17.1. The van der Waals surface area contributed by atoms with Crippen LogP contribution >= 0.6 is 0 Å². The molecule has 1 aliphatic carbocycles. The summed E-state index contributed by atoms with van der Waals surface area (Å²) in [5.41, 5.74) is 1.33. The number of benzene rings is 1. The molecule has 0 unspecified atom stereocenters. The fraction of sp³-hybridized carbons (Fsp3) is 0.647. The lowest BCUT2D eigenvalue weighted by Gasteiger charge is -2.32. The van der Waals surface area contributed by atoms with Crippen molar-refractivity contribution in [3.05, 3.63) is 35.4 Å². The first-order valence-corrected chi connectivity index (χ1v) is 17.1. The number of carboxylic acid groups (broad SMARTS) is 3. The summed E-state index contributed by atoms with van der Waals surface area (Å²) in [6, 6.07) is 7.01. The van der Waals surface area contributed by atoms with Crippen LogP contribution in [-0.4, -0.2) is 156 Å². The third-order valence-corrected chi connectivity index (χ3v) is 9.28. The van der Waals surface area contributed by atoms with Crippen molar-refractivity contribution in [3.8, 4) is 0 Å². The highest BCUT2D eigenvalue weighted by atomic mass is 16.4.